The molecule has 0 aliphatic carbocycles. The van der Waals surface area contributed by atoms with Crippen molar-refractivity contribution in [1.82, 2.24) is 10.6 Å². The molecule has 20 heavy (non-hydrogen) atoms. The molecular formula is C13H14ClN3O3. The summed E-state index contributed by atoms with van der Waals surface area (Å²) >= 11 is 6.18. The molecule has 1 atom stereocenters. The molecule has 2 N–H and O–H groups in total. The van der Waals surface area contributed by atoms with Gasteiger partial charge >= 0.3 is 0 Å². The molecule has 2 heterocycles. The Balaban J connectivity index is 1.93. The molecule has 0 saturated carbocycles. The summed E-state index contributed by atoms with van der Waals surface area (Å²) < 4.78 is 11.0. The smallest absolute Gasteiger partial charge is 0.253 e. The van der Waals surface area contributed by atoms with Crippen LogP contribution in [0.4, 0.5) is 0 Å². The van der Waals surface area contributed by atoms with E-state index in [0.29, 0.717) is 42.2 Å². The van der Waals surface area contributed by atoms with E-state index in [9.17, 15) is 4.79 Å². The maximum Gasteiger partial charge on any atom is 0.253 e. The predicted octanol–water partition coefficient (Wildman–Crippen LogP) is 1.25. The van der Waals surface area contributed by atoms with E-state index in [2.05, 4.69) is 15.6 Å². The first-order chi connectivity index (χ1) is 9.69. The van der Waals surface area contributed by atoms with Crippen LogP contribution in [0.5, 0.6) is 11.5 Å². The third-order valence-corrected chi connectivity index (χ3v) is 3.33. The van der Waals surface area contributed by atoms with Gasteiger partial charge in [-0.15, -0.1) is 0 Å². The second kappa shape index (κ2) is 5.20. The molecule has 0 aromatic heterocycles. The first-order valence-electron chi connectivity index (χ1n) is 6.40. The van der Waals surface area contributed by atoms with Gasteiger partial charge in [0.25, 0.3) is 5.91 Å². The number of nitrogens with one attached hydrogen (secondary N) is 2. The van der Waals surface area contributed by atoms with Crippen molar-refractivity contribution in [3.05, 3.63) is 22.7 Å². The van der Waals surface area contributed by atoms with Gasteiger partial charge in [0.2, 0.25) is 0 Å². The number of hydrogen-bond donors (Lipinski definition) is 2. The lowest BCUT2D eigenvalue weighted by Gasteiger charge is -2.21. The number of benzene rings is 1. The number of ether oxygens (including phenoxy) is 2. The number of hydrogen-bond acceptors (Lipinski definition) is 4. The highest BCUT2D eigenvalue weighted by Crippen LogP contribution is 2.40. The Labute approximate surface area is 121 Å². The Morgan fingerprint density at radius 3 is 3.00 bits per heavy atom. The maximum atomic E-state index is 12.0. The highest BCUT2D eigenvalue weighted by atomic mass is 35.5. The van der Waals surface area contributed by atoms with E-state index in [1.54, 1.807) is 12.1 Å². The number of carbonyl (C=O) groups excluding carboxylic acids is 1. The summed E-state index contributed by atoms with van der Waals surface area (Å²) in [4.78, 5) is 16.1. The molecule has 1 aromatic rings. The molecule has 7 heteroatoms. The summed E-state index contributed by atoms with van der Waals surface area (Å²) in [5, 5.41) is 6.15. The summed E-state index contributed by atoms with van der Waals surface area (Å²) in [6.07, 6.45) is 0. The Bertz CT molecular complexity index is 588. The molecule has 1 saturated heterocycles. The minimum Gasteiger partial charge on any atom is -0.486 e. The minimum absolute atomic E-state index is 0.162. The number of aliphatic imine (C=N–C) groups is 1. The average molecular weight is 296 g/mol. The van der Waals surface area contributed by atoms with E-state index in [0.717, 1.165) is 5.56 Å². The summed E-state index contributed by atoms with van der Waals surface area (Å²) in [5.74, 6) is 1.41. The van der Waals surface area contributed by atoms with Gasteiger partial charge in [-0.3, -0.25) is 15.1 Å². The second-order valence-corrected chi connectivity index (χ2v) is 4.82. The van der Waals surface area contributed by atoms with E-state index in [1.807, 2.05) is 6.92 Å². The molecule has 1 aromatic carbocycles. The van der Waals surface area contributed by atoms with Crippen LogP contribution in [-0.4, -0.2) is 31.6 Å². The zero-order chi connectivity index (χ0) is 14.1. The minimum atomic E-state index is -0.520. The fourth-order valence-electron chi connectivity index (χ4n) is 2.20. The summed E-state index contributed by atoms with van der Waals surface area (Å²) in [5.41, 5.74) is 0.720. The van der Waals surface area contributed by atoms with E-state index in [1.165, 1.54) is 0 Å². The normalized spacial score (nSPS) is 22.6. The van der Waals surface area contributed by atoms with Crippen molar-refractivity contribution in [2.24, 2.45) is 4.99 Å². The van der Waals surface area contributed by atoms with Crippen LogP contribution in [0.25, 0.3) is 0 Å². The van der Waals surface area contributed by atoms with Crippen molar-refractivity contribution < 1.29 is 14.3 Å². The third kappa shape index (κ3) is 2.27. The highest BCUT2D eigenvalue weighted by molar-refractivity contribution is 6.32. The SMILES string of the molecule is CCN=C1NC(=O)C(c2cc(Cl)c3c(c2)OCCO3)N1. The highest BCUT2D eigenvalue weighted by Gasteiger charge is 2.31. The fraction of sp³-hybridized carbons (Fsp3) is 0.385. The summed E-state index contributed by atoms with van der Waals surface area (Å²) in [6, 6.07) is 2.96. The van der Waals surface area contributed by atoms with Crippen molar-refractivity contribution in [2.45, 2.75) is 13.0 Å². The van der Waals surface area contributed by atoms with Crippen molar-refractivity contribution in [3.63, 3.8) is 0 Å². The van der Waals surface area contributed by atoms with Crippen LogP contribution in [-0.2, 0) is 4.79 Å². The van der Waals surface area contributed by atoms with Crippen LogP contribution in [0.15, 0.2) is 17.1 Å². The van der Waals surface area contributed by atoms with Gasteiger partial charge in [0, 0.05) is 6.54 Å². The van der Waals surface area contributed by atoms with E-state index in [4.69, 9.17) is 21.1 Å². The quantitative estimate of drug-likeness (QED) is 0.861. The van der Waals surface area contributed by atoms with Crippen LogP contribution < -0.4 is 20.1 Å². The number of rotatable bonds is 2. The number of guanidine groups is 1. The molecule has 0 bridgehead atoms. The molecule has 0 radical (unpaired) electrons. The van der Waals surface area contributed by atoms with Crippen molar-refractivity contribution in [3.8, 4) is 11.5 Å². The summed E-state index contributed by atoms with van der Waals surface area (Å²) in [7, 11) is 0. The third-order valence-electron chi connectivity index (χ3n) is 3.05. The Kier molecular flexibility index (Phi) is 3.40. The molecule has 0 spiro atoms. The van der Waals surface area contributed by atoms with Gasteiger partial charge in [-0.05, 0) is 24.6 Å². The molecule has 6 nitrogen and oxygen atoms in total. The second-order valence-electron chi connectivity index (χ2n) is 4.42. The maximum absolute atomic E-state index is 12.0. The number of fused-ring (bicyclic) bond motifs is 1. The number of amides is 1. The lowest BCUT2D eigenvalue weighted by atomic mass is 10.1. The lowest BCUT2D eigenvalue weighted by molar-refractivity contribution is -0.120. The predicted molar refractivity (Wildman–Crippen MR) is 74.4 cm³/mol. The topological polar surface area (TPSA) is 72.0 Å². The first kappa shape index (κ1) is 13.1. The van der Waals surface area contributed by atoms with Gasteiger partial charge < -0.3 is 14.8 Å². The lowest BCUT2D eigenvalue weighted by Crippen LogP contribution is -2.25. The first-order valence-corrected chi connectivity index (χ1v) is 6.77. The molecule has 1 fully saturated rings. The summed E-state index contributed by atoms with van der Waals surface area (Å²) in [6.45, 7) is 3.44. The van der Waals surface area contributed by atoms with Gasteiger partial charge in [-0.1, -0.05) is 11.6 Å². The van der Waals surface area contributed by atoms with Crippen LogP contribution >= 0.6 is 11.6 Å². The zero-order valence-corrected chi connectivity index (χ0v) is 11.7. The average Bonchev–Trinajstić information content (AvgIpc) is 2.80. The Morgan fingerprint density at radius 1 is 1.40 bits per heavy atom. The molecule has 1 amide bonds. The van der Waals surface area contributed by atoms with Crippen LogP contribution in [0.1, 0.15) is 18.5 Å². The number of halogens is 1. The Morgan fingerprint density at radius 2 is 2.20 bits per heavy atom. The van der Waals surface area contributed by atoms with Gasteiger partial charge in [-0.25, -0.2) is 0 Å². The zero-order valence-electron chi connectivity index (χ0n) is 10.9. The van der Waals surface area contributed by atoms with Gasteiger partial charge in [0.15, 0.2) is 17.5 Å². The molecule has 2 aliphatic heterocycles. The largest absolute Gasteiger partial charge is 0.486 e. The van der Waals surface area contributed by atoms with E-state index < -0.39 is 6.04 Å². The molecule has 2 aliphatic rings. The van der Waals surface area contributed by atoms with Crippen LogP contribution in [0.3, 0.4) is 0 Å². The van der Waals surface area contributed by atoms with Crippen LogP contribution in [0.2, 0.25) is 5.02 Å². The fourth-order valence-corrected chi connectivity index (χ4v) is 2.48. The van der Waals surface area contributed by atoms with Crippen molar-refractivity contribution in [1.29, 1.82) is 0 Å². The molecular weight excluding hydrogens is 282 g/mol. The van der Waals surface area contributed by atoms with Gasteiger partial charge in [-0.2, -0.15) is 0 Å². The standard InChI is InChI=1S/C13H14ClN3O3/c1-2-15-13-16-10(12(18)17-13)7-5-8(14)11-9(6-7)19-3-4-20-11/h5-6,10H,2-4H2,1H3,(H2,15,16,17,18). The van der Waals surface area contributed by atoms with E-state index in [-0.39, 0.29) is 5.91 Å². The molecule has 106 valence electrons. The molecule has 1 unspecified atom stereocenters. The Hall–Kier alpha value is -1.95. The monoisotopic (exact) mass is 295 g/mol. The van der Waals surface area contributed by atoms with Crippen molar-refractivity contribution >= 4 is 23.5 Å². The van der Waals surface area contributed by atoms with Crippen molar-refractivity contribution in [2.75, 3.05) is 19.8 Å². The number of nitrogens with zero attached hydrogens (tertiary/aromatic N) is 1. The van der Waals surface area contributed by atoms with Crippen LogP contribution in [0, 0.1) is 0 Å². The van der Waals surface area contributed by atoms with Gasteiger partial charge in [0.1, 0.15) is 19.3 Å². The number of carbonyl (C=O) groups is 1. The van der Waals surface area contributed by atoms with E-state index >= 15 is 0 Å². The molecule has 3 rings (SSSR count). The van der Waals surface area contributed by atoms with Gasteiger partial charge in [0.05, 0.1) is 5.02 Å².